The zero-order chi connectivity index (χ0) is 13.7. The lowest BCUT2D eigenvalue weighted by molar-refractivity contribution is 0.540. The minimum Gasteiger partial charge on any atom is -0.328 e. The van der Waals surface area contributed by atoms with Crippen LogP contribution in [0.25, 0.3) is 11.0 Å². The Labute approximate surface area is 118 Å². The van der Waals surface area contributed by atoms with Crippen LogP contribution in [-0.2, 0) is 13.0 Å². The van der Waals surface area contributed by atoms with Crippen molar-refractivity contribution in [1.29, 1.82) is 0 Å². The van der Waals surface area contributed by atoms with Crippen LogP contribution in [0.4, 0.5) is 0 Å². The maximum Gasteiger partial charge on any atom is 0.111 e. The van der Waals surface area contributed by atoms with Crippen molar-refractivity contribution in [2.75, 3.05) is 12.0 Å². The standard InChI is InChI=1S/C14H22N4S/c1-3-8-18-13-7-5-4-6-12(13)16-14(18)9-11(17-15)10-19-2/h4-7,11,17H,3,8-10,15H2,1-2H3. The van der Waals surface area contributed by atoms with Crippen molar-refractivity contribution >= 4 is 22.8 Å². The van der Waals surface area contributed by atoms with Crippen LogP contribution in [0.3, 0.4) is 0 Å². The summed E-state index contributed by atoms with van der Waals surface area (Å²) in [5.41, 5.74) is 5.19. The molecule has 4 nitrogen and oxygen atoms in total. The molecule has 19 heavy (non-hydrogen) atoms. The molecule has 2 aromatic rings. The molecular formula is C14H22N4S. The van der Waals surface area contributed by atoms with Gasteiger partial charge in [0.15, 0.2) is 0 Å². The minimum atomic E-state index is 0.266. The number of nitrogens with zero attached hydrogens (tertiary/aromatic N) is 2. The Hall–Kier alpha value is -1.04. The molecule has 3 N–H and O–H groups in total. The van der Waals surface area contributed by atoms with Crippen LogP contribution in [0.1, 0.15) is 19.2 Å². The van der Waals surface area contributed by atoms with Crippen molar-refractivity contribution in [2.45, 2.75) is 32.4 Å². The monoisotopic (exact) mass is 278 g/mol. The quantitative estimate of drug-likeness (QED) is 0.602. The fourth-order valence-corrected chi connectivity index (χ4v) is 2.96. The lowest BCUT2D eigenvalue weighted by atomic mass is 10.2. The Kier molecular flexibility index (Phi) is 5.24. The number of fused-ring (bicyclic) bond motifs is 1. The molecular weight excluding hydrogens is 256 g/mol. The molecule has 0 bridgehead atoms. The smallest absolute Gasteiger partial charge is 0.111 e. The number of rotatable bonds is 7. The fraction of sp³-hybridized carbons (Fsp3) is 0.500. The van der Waals surface area contributed by atoms with E-state index < -0.39 is 0 Å². The Morgan fingerprint density at radius 2 is 2.21 bits per heavy atom. The average molecular weight is 278 g/mol. The van der Waals surface area contributed by atoms with E-state index >= 15 is 0 Å². The zero-order valence-electron chi connectivity index (χ0n) is 11.6. The SMILES string of the molecule is CCCn1c(CC(CSC)NN)nc2ccccc21. The molecule has 2 rings (SSSR count). The predicted octanol–water partition coefficient (Wildman–Crippen LogP) is 2.18. The Morgan fingerprint density at radius 1 is 1.42 bits per heavy atom. The van der Waals surface area contributed by atoms with Gasteiger partial charge in [-0.2, -0.15) is 11.8 Å². The molecule has 0 amide bonds. The highest BCUT2D eigenvalue weighted by Crippen LogP contribution is 2.18. The van der Waals surface area contributed by atoms with E-state index in [4.69, 9.17) is 10.8 Å². The molecule has 0 aliphatic carbocycles. The summed E-state index contributed by atoms with van der Waals surface area (Å²) < 4.78 is 2.32. The van der Waals surface area contributed by atoms with Gasteiger partial charge in [-0.25, -0.2) is 4.98 Å². The van der Waals surface area contributed by atoms with Crippen molar-refractivity contribution in [3.8, 4) is 0 Å². The highest BCUT2D eigenvalue weighted by molar-refractivity contribution is 7.98. The first-order valence-electron chi connectivity index (χ1n) is 6.69. The maximum absolute atomic E-state index is 5.62. The second-order valence-corrected chi connectivity index (χ2v) is 5.60. The number of nitrogens with one attached hydrogen (secondary N) is 1. The van der Waals surface area contributed by atoms with Crippen molar-refractivity contribution in [1.82, 2.24) is 15.0 Å². The molecule has 0 aliphatic rings. The predicted molar refractivity (Wildman–Crippen MR) is 83.2 cm³/mol. The number of hydrogen-bond acceptors (Lipinski definition) is 4. The first kappa shape index (κ1) is 14.4. The number of imidazole rings is 1. The number of para-hydroxylation sites is 2. The van der Waals surface area contributed by atoms with Crippen molar-refractivity contribution in [3.63, 3.8) is 0 Å². The third-order valence-corrected chi connectivity index (χ3v) is 3.95. The normalized spacial score (nSPS) is 13.0. The van der Waals surface area contributed by atoms with Gasteiger partial charge in [0.1, 0.15) is 5.82 Å². The molecule has 0 saturated carbocycles. The molecule has 1 aromatic heterocycles. The van der Waals surface area contributed by atoms with Crippen LogP contribution in [0.5, 0.6) is 0 Å². The Morgan fingerprint density at radius 3 is 2.89 bits per heavy atom. The molecule has 1 unspecified atom stereocenters. The molecule has 104 valence electrons. The molecule has 0 radical (unpaired) electrons. The molecule has 0 saturated heterocycles. The third kappa shape index (κ3) is 3.29. The second kappa shape index (κ2) is 6.93. The molecule has 1 aromatic carbocycles. The molecule has 0 aliphatic heterocycles. The maximum atomic E-state index is 5.62. The van der Waals surface area contributed by atoms with E-state index in [1.165, 1.54) is 5.52 Å². The first-order valence-corrected chi connectivity index (χ1v) is 8.08. The number of hydrazine groups is 1. The number of aryl methyl sites for hydroxylation is 1. The summed E-state index contributed by atoms with van der Waals surface area (Å²) in [6, 6.07) is 8.59. The van der Waals surface area contributed by atoms with Crippen LogP contribution in [-0.4, -0.2) is 27.6 Å². The molecule has 0 fully saturated rings. The highest BCUT2D eigenvalue weighted by atomic mass is 32.2. The van der Waals surface area contributed by atoms with Crippen molar-refractivity contribution in [2.24, 2.45) is 5.84 Å². The second-order valence-electron chi connectivity index (χ2n) is 4.69. The van der Waals surface area contributed by atoms with Crippen LogP contribution < -0.4 is 11.3 Å². The average Bonchev–Trinajstić information content (AvgIpc) is 2.77. The largest absolute Gasteiger partial charge is 0.328 e. The van der Waals surface area contributed by atoms with E-state index in [1.807, 2.05) is 6.07 Å². The Bertz CT molecular complexity index is 523. The van der Waals surface area contributed by atoms with Crippen LogP contribution in [0.2, 0.25) is 0 Å². The van der Waals surface area contributed by atoms with Crippen molar-refractivity contribution < 1.29 is 0 Å². The van der Waals surface area contributed by atoms with Gasteiger partial charge in [0, 0.05) is 24.8 Å². The number of thioether (sulfide) groups is 1. The Balaban J connectivity index is 2.32. The summed E-state index contributed by atoms with van der Waals surface area (Å²) in [6.07, 6.45) is 4.07. The van der Waals surface area contributed by atoms with Gasteiger partial charge in [-0.05, 0) is 24.8 Å². The first-order chi connectivity index (χ1) is 9.30. The summed E-state index contributed by atoms with van der Waals surface area (Å²) in [5.74, 6) is 7.74. The van der Waals surface area contributed by atoms with Gasteiger partial charge in [-0.1, -0.05) is 19.1 Å². The van der Waals surface area contributed by atoms with Gasteiger partial charge < -0.3 is 4.57 Å². The lowest BCUT2D eigenvalue weighted by Gasteiger charge is -2.15. The van der Waals surface area contributed by atoms with E-state index in [9.17, 15) is 0 Å². The van der Waals surface area contributed by atoms with E-state index in [2.05, 4.69) is 41.4 Å². The zero-order valence-corrected chi connectivity index (χ0v) is 12.4. The fourth-order valence-electron chi connectivity index (χ4n) is 2.34. The van der Waals surface area contributed by atoms with Gasteiger partial charge in [0.25, 0.3) is 0 Å². The molecule has 5 heteroatoms. The van der Waals surface area contributed by atoms with Gasteiger partial charge >= 0.3 is 0 Å². The summed E-state index contributed by atoms with van der Waals surface area (Å²) in [5, 5.41) is 0. The lowest BCUT2D eigenvalue weighted by Crippen LogP contribution is -2.39. The number of hydrogen-bond donors (Lipinski definition) is 2. The van der Waals surface area contributed by atoms with E-state index in [0.29, 0.717) is 0 Å². The molecule has 1 heterocycles. The summed E-state index contributed by atoms with van der Waals surface area (Å²) in [4.78, 5) is 4.76. The van der Waals surface area contributed by atoms with Crippen LogP contribution >= 0.6 is 11.8 Å². The summed E-state index contributed by atoms with van der Waals surface area (Å²) in [7, 11) is 0. The van der Waals surface area contributed by atoms with E-state index in [0.717, 1.165) is 36.5 Å². The van der Waals surface area contributed by atoms with E-state index in [1.54, 1.807) is 11.8 Å². The number of nitrogens with two attached hydrogens (primary N) is 1. The van der Waals surface area contributed by atoms with Crippen molar-refractivity contribution in [3.05, 3.63) is 30.1 Å². The highest BCUT2D eigenvalue weighted by Gasteiger charge is 2.14. The molecule has 0 spiro atoms. The van der Waals surface area contributed by atoms with Gasteiger partial charge in [-0.15, -0.1) is 0 Å². The van der Waals surface area contributed by atoms with Crippen LogP contribution in [0, 0.1) is 0 Å². The van der Waals surface area contributed by atoms with Gasteiger partial charge in [-0.3, -0.25) is 11.3 Å². The molecule has 1 atom stereocenters. The van der Waals surface area contributed by atoms with Gasteiger partial charge in [0.05, 0.1) is 11.0 Å². The van der Waals surface area contributed by atoms with E-state index in [-0.39, 0.29) is 6.04 Å². The summed E-state index contributed by atoms with van der Waals surface area (Å²) in [6.45, 7) is 3.20. The number of benzene rings is 1. The number of aromatic nitrogens is 2. The topological polar surface area (TPSA) is 55.9 Å². The van der Waals surface area contributed by atoms with Crippen LogP contribution in [0.15, 0.2) is 24.3 Å². The third-order valence-electron chi connectivity index (χ3n) is 3.21. The van der Waals surface area contributed by atoms with Gasteiger partial charge in [0.2, 0.25) is 0 Å². The summed E-state index contributed by atoms with van der Waals surface area (Å²) >= 11 is 1.80. The minimum absolute atomic E-state index is 0.266.